The summed E-state index contributed by atoms with van der Waals surface area (Å²) in [6, 6.07) is 5.74. The molecule has 11 heteroatoms. The second-order valence-corrected chi connectivity index (χ2v) is 11.8. The molecular formula is C25H37N3O7S. The van der Waals surface area contributed by atoms with Gasteiger partial charge in [-0.2, -0.15) is 4.36 Å². The van der Waals surface area contributed by atoms with E-state index in [2.05, 4.69) is 21.6 Å². The number of ether oxygens (including phenoxy) is 2. The Hall–Kier alpha value is -3.21. The summed E-state index contributed by atoms with van der Waals surface area (Å²) in [7, 11) is -3.60. The highest BCUT2D eigenvalue weighted by atomic mass is 32.2. The summed E-state index contributed by atoms with van der Waals surface area (Å²) < 4.78 is 27.9. The number of hydrogen-bond acceptors (Lipinski definition) is 7. The lowest BCUT2D eigenvalue weighted by molar-refractivity contribution is -0.147. The number of alkyl carbamates (subject to hydrolysis) is 1. The quantitative estimate of drug-likeness (QED) is 0.335. The smallest absolute Gasteiger partial charge is 0.408 e. The van der Waals surface area contributed by atoms with Crippen molar-refractivity contribution in [2.45, 2.75) is 70.5 Å². The second kappa shape index (κ2) is 13.8. The minimum Gasteiger partial charge on any atom is -0.460 e. The largest absolute Gasteiger partial charge is 0.460 e. The van der Waals surface area contributed by atoms with Gasteiger partial charge >= 0.3 is 12.1 Å². The van der Waals surface area contributed by atoms with Crippen molar-refractivity contribution < 1.29 is 32.9 Å². The van der Waals surface area contributed by atoms with Crippen LogP contribution in [-0.2, 0) is 33.6 Å². The molecule has 1 aromatic rings. The maximum Gasteiger partial charge on any atom is 0.408 e. The molecule has 0 heterocycles. The fourth-order valence-corrected chi connectivity index (χ4v) is 4.72. The van der Waals surface area contributed by atoms with E-state index >= 15 is 0 Å². The first-order chi connectivity index (χ1) is 16.7. The van der Waals surface area contributed by atoms with Crippen LogP contribution in [0.15, 0.2) is 52.2 Å². The Morgan fingerprint density at radius 3 is 2.22 bits per heavy atom. The van der Waals surface area contributed by atoms with E-state index in [9.17, 15) is 23.4 Å². The fourth-order valence-electron chi connectivity index (χ4n) is 2.91. The minimum atomic E-state index is -3.60. The molecule has 0 saturated heterocycles. The molecule has 3 amide bonds. The molecule has 1 rings (SSSR count). The summed E-state index contributed by atoms with van der Waals surface area (Å²) in [4.78, 5) is 50.3. The number of carbonyl (C=O) groups is 4. The predicted molar refractivity (Wildman–Crippen MR) is 137 cm³/mol. The fraction of sp³-hybridized carbons (Fsp3) is 0.520. The third-order valence-corrected chi connectivity index (χ3v) is 6.59. The first-order valence-electron chi connectivity index (χ1n) is 11.6. The van der Waals surface area contributed by atoms with Crippen molar-refractivity contribution in [3.8, 4) is 0 Å². The lowest BCUT2D eigenvalue weighted by atomic mass is 10.0. The first-order valence-corrected chi connectivity index (χ1v) is 13.3. The van der Waals surface area contributed by atoms with Gasteiger partial charge in [0, 0.05) is 4.90 Å². The SMILES string of the molecule is C=CCOC(=O)[C@H](CC(C)C)NC(=O)CS(=O)(=NC(=O)[C@H](C)NC(=O)OC(C)(C)C)c1ccccc1. The molecule has 1 unspecified atom stereocenters. The van der Waals surface area contributed by atoms with Crippen molar-refractivity contribution in [1.29, 1.82) is 0 Å². The Bertz CT molecular complexity index is 1060. The molecular weight excluding hydrogens is 486 g/mol. The average Bonchev–Trinajstić information content (AvgIpc) is 2.75. The van der Waals surface area contributed by atoms with Gasteiger partial charge in [0.2, 0.25) is 5.91 Å². The van der Waals surface area contributed by atoms with E-state index in [1.807, 2.05) is 13.8 Å². The van der Waals surface area contributed by atoms with Crippen LogP contribution in [0.25, 0.3) is 0 Å². The Kier molecular flexibility index (Phi) is 11.8. The highest BCUT2D eigenvalue weighted by Gasteiger charge is 2.28. The number of rotatable bonds is 11. The summed E-state index contributed by atoms with van der Waals surface area (Å²) in [5.41, 5.74) is -0.779. The van der Waals surface area contributed by atoms with Crippen LogP contribution in [0.2, 0.25) is 0 Å². The van der Waals surface area contributed by atoms with E-state index in [1.165, 1.54) is 25.1 Å². The number of amides is 3. The standard InChI is InChI=1S/C25H37N3O7S/c1-8-14-34-23(31)20(15-17(2)3)27-21(29)16-36(33,19-12-10-9-11-13-19)28-22(30)18(4)26-24(32)35-25(5,6)7/h8-13,17-18,20H,1,14-16H2,2-7H3,(H,26,32)(H,27,29)/t18-,20-,36?/m0/s1. The van der Waals surface area contributed by atoms with Gasteiger partial charge in [0.05, 0.1) is 9.73 Å². The molecule has 0 bridgehead atoms. The van der Waals surface area contributed by atoms with Gasteiger partial charge in [-0.3, -0.25) is 9.59 Å². The molecule has 10 nitrogen and oxygen atoms in total. The van der Waals surface area contributed by atoms with E-state index in [0.717, 1.165) is 0 Å². The molecule has 200 valence electrons. The van der Waals surface area contributed by atoms with Crippen molar-refractivity contribution in [2.75, 3.05) is 12.4 Å². The van der Waals surface area contributed by atoms with Crippen LogP contribution in [0, 0.1) is 5.92 Å². The van der Waals surface area contributed by atoms with Crippen molar-refractivity contribution in [3.63, 3.8) is 0 Å². The van der Waals surface area contributed by atoms with Crippen LogP contribution in [0.1, 0.15) is 48.0 Å². The number of esters is 1. The predicted octanol–water partition coefficient (Wildman–Crippen LogP) is 3.21. The topological polar surface area (TPSA) is 140 Å². The summed E-state index contributed by atoms with van der Waals surface area (Å²) >= 11 is 0. The van der Waals surface area contributed by atoms with Gasteiger partial charge in [0.1, 0.15) is 30.0 Å². The molecule has 36 heavy (non-hydrogen) atoms. The van der Waals surface area contributed by atoms with Crippen molar-refractivity contribution >= 4 is 33.6 Å². The maximum atomic E-state index is 13.9. The molecule has 0 radical (unpaired) electrons. The van der Waals surface area contributed by atoms with E-state index < -0.39 is 57.0 Å². The number of benzene rings is 1. The van der Waals surface area contributed by atoms with Crippen molar-refractivity contribution in [3.05, 3.63) is 43.0 Å². The zero-order valence-electron chi connectivity index (χ0n) is 21.7. The van der Waals surface area contributed by atoms with Crippen LogP contribution in [0.3, 0.4) is 0 Å². The minimum absolute atomic E-state index is 0.0174. The third-order valence-electron chi connectivity index (χ3n) is 4.45. The van der Waals surface area contributed by atoms with Crippen LogP contribution in [-0.4, -0.2) is 58.1 Å². The Balaban J connectivity index is 3.19. The van der Waals surface area contributed by atoms with Crippen LogP contribution in [0.4, 0.5) is 4.79 Å². The molecule has 0 aliphatic carbocycles. The molecule has 3 atom stereocenters. The normalized spacial score (nSPS) is 14.5. The summed E-state index contributed by atoms with van der Waals surface area (Å²) in [5, 5.41) is 4.91. The molecule has 0 saturated carbocycles. The van der Waals surface area contributed by atoms with Crippen LogP contribution >= 0.6 is 0 Å². The molecule has 0 aliphatic rings. The van der Waals surface area contributed by atoms with Gasteiger partial charge in [-0.05, 0) is 52.2 Å². The lowest BCUT2D eigenvalue weighted by Crippen LogP contribution is -2.45. The molecule has 0 fully saturated rings. The number of nitrogens with zero attached hydrogens (tertiary/aromatic N) is 1. The zero-order chi connectivity index (χ0) is 27.5. The van der Waals surface area contributed by atoms with Gasteiger partial charge < -0.3 is 20.1 Å². The van der Waals surface area contributed by atoms with E-state index in [4.69, 9.17) is 9.47 Å². The lowest BCUT2D eigenvalue weighted by Gasteiger charge is -2.21. The van der Waals surface area contributed by atoms with Gasteiger partial charge in [0.15, 0.2) is 0 Å². The van der Waals surface area contributed by atoms with Crippen LogP contribution in [0.5, 0.6) is 0 Å². The van der Waals surface area contributed by atoms with E-state index in [0.29, 0.717) is 6.42 Å². The highest BCUT2D eigenvalue weighted by Crippen LogP contribution is 2.16. The average molecular weight is 524 g/mol. The number of nitrogens with one attached hydrogen (secondary N) is 2. The Morgan fingerprint density at radius 1 is 1.08 bits per heavy atom. The number of hydrogen-bond donors (Lipinski definition) is 2. The van der Waals surface area contributed by atoms with E-state index in [1.54, 1.807) is 39.0 Å². The van der Waals surface area contributed by atoms with Crippen molar-refractivity contribution in [2.24, 2.45) is 10.3 Å². The highest BCUT2D eigenvalue weighted by molar-refractivity contribution is 7.94. The second-order valence-electron chi connectivity index (χ2n) is 9.56. The monoisotopic (exact) mass is 523 g/mol. The molecule has 0 spiro atoms. The Morgan fingerprint density at radius 2 is 1.69 bits per heavy atom. The van der Waals surface area contributed by atoms with Gasteiger partial charge in [-0.15, -0.1) is 0 Å². The summed E-state index contributed by atoms with van der Waals surface area (Å²) in [5.74, 6) is -2.91. The van der Waals surface area contributed by atoms with Crippen LogP contribution < -0.4 is 10.6 Å². The van der Waals surface area contributed by atoms with E-state index in [-0.39, 0.29) is 17.4 Å². The van der Waals surface area contributed by atoms with Gasteiger partial charge in [-0.25, -0.2) is 13.8 Å². The summed E-state index contributed by atoms with van der Waals surface area (Å²) in [6.07, 6.45) is 0.865. The molecule has 1 aromatic carbocycles. The van der Waals surface area contributed by atoms with Gasteiger partial charge in [0.25, 0.3) is 5.91 Å². The zero-order valence-corrected chi connectivity index (χ0v) is 22.6. The third kappa shape index (κ3) is 11.0. The maximum absolute atomic E-state index is 13.9. The first kappa shape index (κ1) is 30.8. The molecule has 0 aromatic heterocycles. The van der Waals surface area contributed by atoms with Gasteiger partial charge in [-0.1, -0.05) is 44.7 Å². The summed E-state index contributed by atoms with van der Waals surface area (Å²) in [6.45, 7) is 13.6. The van der Waals surface area contributed by atoms with Crippen molar-refractivity contribution in [1.82, 2.24) is 10.6 Å². The Labute approximate surface area is 213 Å². The molecule has 0 aliphatic heterocycles. The molecule has 2 N–H and O–H groups in total. The number of carbonyl (C=O) groups excluding carboxylic acids is 4.